The van der Waals surface area contributed by atoms with Crippen molar-refractivity contribution in [2.24, 2.45) is 5.92 Å². The molecule has 1 N–H and O–H groups in total. The van der Waals surface area contributed by atoms with Crippen LogP contribution in [-0.4, -0.2) is 34.1 Å². The lowest BCUT2D eigenvalue weighted by Gasteiger charge is -2.33. The van der Waals surface area contributed by atoms with Gasteiger partial charge in [-0.15, -0.1) is 0 Å². The number of rotatable bonds is 5. The summed E-state index contributed by atoms with van der Waals surface area (Å²) < 4.78 is 5.34. The Morgan fingerprint density at radius 3 is 2.93 bits per heavy atom. The number of benzene rings is 1. The van der Waals surface area contributed by atoms with Gasteiger partial charge < -0.3 is 14.7 Å². The Hall–Kier alpha value is -2.96. The van der Waals surface area contributed by atoms with Crippen LogP contribution in [0.5, 0.6) is 0 Å². The monoisotopic (exact) mass is 379 g/mol. The molecule has 1 fully saturated rings. The van der Waals surface area contributed by atoms with Gasteiger partial charge in [0.05, 0.1) is 11.6 Å². The molecule has 0 spiro atoms. The van der Waals surface area contributed by atoms with E-state index in [-0.39, 0.29) is 11.8 Å². The third-order valence-corrected chi connectivity index (χ3v) is 5.41. The van der Waals surface area contributed by atoms with E-state index in [9.17, 15) is 4.79 Å². The van der Waals surface area contributed by atoms with E-state index in [0.29, 0.717) is 12.3 Å². The number of nitrogens with zero attached hydrogens (tertiary/aromatic N) is 4. The van der Waals surface area contributed by atoms with Crippen molar-refractivity contribution in [3.8, 4) is 0 Å². The van der Waals surface area contributed by atoms with Gasteiger partial charge >= 0.3 is 0 Å². The van der Waals surface area contributed by atoms with Crippen molar-refractivity contribution >= 4 is 28.5 Å². The summed E-state index contributed by atoms with van der Waals surface area (Å²) in [6, 6.07) is 7.98. The van der Waals surface area contributed by atoms with Crippen LogP contribution in [0.15, 0.2) is 35.1 Å². The van der Waals surface area contributed by atoms with Gasteiger partial charge in [0.2, 0.25) is 5.91 Å². The Morgan fingerprint density at radius 2 is 2.11 bits per heavy atom. The van der Waals surface area contributed by atoms with Gasteiger partial charge in [-0.05, 0) is 37.3 Å². The van der Waals surface area contributed by atoms with Crippen LogP contribution in [0.25, 0.3) is 11.1 Å². The summed E-state index contributed by atoms with van der Waals surface area (Å²) in [5.74, 6) is 0.792. The standard InChI is InChI=1S/C21H25N5O2/c1-3-14-8-5-6-10-17(14)24-20(27)15-9-7-11-26(12-15)19-18-16(4-2)25-28-21(18)23-13-22-19/h5-6,8,10,13,15H,3-4,7,9,11-12H2,1-2H3,(H,24,27)/t15-/m1/s1. The topological polar surface area (TPSA) is 84.2 Å². The predicted molar refractivity (Wildman–Crippen MR) is 108 cm³/mol. The van der Waals surface area contributed by atoms with E-state index in [0.717, 1.165) is 60.4 Å². The first-order valence-corrected chi connectivity index (χ1v) is 9.94. The highest BCUT2D eigenvalue weighted by Gasteiger charge is 2.29. The maximum absolute atomic E-state index is 12.9. The zero-order chi connectivity index (χ0) is 19.5. The molecule has 1 amide bonds. The predicted octanol–water partition coefficient (Wildman–Crippen LogP) is 3.60. The van der Waals surface area contributed by atoms with Crippen LogP contribution in [0.4, 0.5) is 11.5 Å². The van der Waals surface area contributed by atoms with Gasteiger partial charge in [-0.25, -0.2) is 4.98 Å². The van der Waals surface area contributed by atoms with Crippen LogP contribution < -0.4 is 10.2 Å². The minimum Gasteiger partial charge on any atom is -0.355 e. The Balaban J connectivity index is 1.55. The fourth-order valence-electron chi connectivity index (χ4n) is 3.88. The molecule has 4 rings (SSSR count). The second kappa shape index (κ2) is 7.96. The lowest BCUT2D eigenvalue weighted by atomic mass is 9.96. The SMILES string of the molecule is CCc1ccccc1NC(=O)[C@@H]1CCCN(c2ncnc3onc(CC)c23)C1. The number of hydrogen-bond acceptors (Lipinski definition) is 6. The molecule has 1 aromatic carbocycles. The van der Waals surface area contributed by atoms with Crippen molar-refractivity contribution < 1.29 is 9.32 Å². The average Bonchev–Trinajstić information content (AvgIpc) is 3.17. The Labute approximate surface area is 164 Å². The minimum absolute atomic E-state index is 0.0666. The number of amides is 1. The van der Waals surface area contributed by atoms with Gasteiger partial charge in [0.15, 0.2) is 0 Å². The van der Waals surface area contributed by atoms with E-state index in [1.54, 1.807) is 0 Å². The summed E-state index contributed by atoms with van der Waals surface area (Å²) in [6.07, 6.45) is 4.95. The summed E-state index contributed by atoms with van der Waals surface area (Å²) in [6.45, 7) is 5.61. The zero-order valence-corrected chi connectivity index (χ0v) is 16.3. The molecule has 1 aliphatic rings. The number of hydrogen-bond donors (Lipinski definition) is 1. The van der Waals surface area contributed by atoms with Crippen LogP contribution in [-0.2, 0) is 17.6 Å². The number of carbonyl (C=O) groups is 1. The molecule has 3 aromatic rings. The number of fused-ring (bicyclic) bond motifs is 1. The highest BCUT2D eigenvalue weighted by molar-refractivity contribution is 5.94. The molecule has 3 heterocycles. The maximum atomic E-state index is 12.9. The van der Waals surface area contributed by atoms with Crippen molar-refractivity contribution in [3.63, 3.8) is 0 Å². The number of aryl methyl sites for hydroxylation is 2. The van der Waals surface area contributed by atoms with Crippen LogP contribution in [0, 0.1) is 5.92 Å². The molecule has 0 aliphatic carbocycles. The van der Waals surface area contributed by atoms with E-state index in [1.165, 1.54) is 6.33 Å². The minimum atomic E-state index is -0.0892. The molecule has 2 aromatic heterocycles. The molecule has 28 heavy (non-hydrogen) atoms. The molecular weight excluding hydrogens is 354 g/mol. The summed E-state index contributed by atoms with van der Waals surface area (Å²) in [5.41, 5.74) is 3.42. The van der Waals surface area contributed by atoms with Crippen LogP contribution in [0.3, 0.4) is 0 Å². The van der Waals surface area contributed by atoms with Gasteiger partial charge in [-0.1, -0.05) is 37.2 Å². The van der Waals surface area contributed by atoms with Crippen LogP contribution in [0.1, 0.15) is 37.9 Å². The highest BCUT2D eigenvalue weighted by atomic mass is 16.5. The quantitative estimate of drug-likeness (QED) is 0.729. The molecule has 1 atom stereocenters. The fourth-order valence-corrected chi connectivity index (χ4v) is 3.88. The molecule has 0 unspecified atom stereocenters. The third kappa shape index (κ3) is 3.44. The lowest BCUT2D eigenvalue weighted by Crippen LogP contribution is -2.41. The van der Waals surface area contributed by atoms with Gasteiger partial charge in [-0.2, -0.15) is 4.98 Å². The number of carbonyl (C=O) groups excluding carboxylic acids is 1. The summed E-state index contributed by atoms with van der Waals surface area (Å²) >= 11 is 0. The molecule has 1 saturated heterocycles. The smallest absolute Gasteiger partial charge is 0.263 e. The Bertz CT molecular complexity index is 984. The van der Waals surface area contributed by atoms with Crippen molar-refractivity contribution in [1.82, 2.24) is 15.1 Å². The Kier molecular flexibility index (Phi) is 5.23. The molecule has 7 heteroatoms. The second-order valence-electron chi connectivity index (χ2n) is 7.15. The molecule has 0 bridgehead atoms. The zero-order valence-electron chi connectivity index (χ0n) is 16.3. The van der Waals surface area contributed by atoms with Crippen molar-refractivity contribution in [2.45, 2.75) is 39.5 Å². The van der Waals surface area contributed by atoms with Crippen molar-refractivity contribution in [1.29, 1.82) is 0 Å². The first-order valence-electron chi connectivity index (χ1n) is 9.94. The molecule has 0 radical (unpaired) electrons. The molecule has 1 aliphatic heterocycles. The van der Waals surface area contributed by atoms with E-state index in [1.807, 2.05) is 25.1 Å². The van der Waals surface area contributed by atoms with E-state index in [4.69, 9.17) is 4.52 Å². The molecule has 0 saturated carbocycles. The molecule has 7 nitrogen and oxygen atoms in total. The van der Waals surface area contributed by atoms with Crippen LogP contribution in [0.2, 0.25) is 0 Å². The van der Waals surface area contributed by atoms with Crippen molar-refractivity contribution in [3.05, 3.63) is 41.9 Å². The average molecular weight is 379 g/mol. The number of piperidine rings is 1. The van der Waals surface area contributed by atoms with Gasteiger partial charge in [0.25, 0.3) is 5.71 Å². The molecule has 146 valence electrons. The summed E-state index contributed by atoms with van der Waals surface area (Å²) in [5, 5.41) is 8.11. The highest BCUT2D eigenvalue weighted by Crippen LogP contribution is 2.30. The largest absolute Gasteiger partial charge is 0.355 e. The normalized spacial score (nSPS) is 17.1. The Morgan fingerprint density at radius 1 is 1.25 bits per heavy atom. The van der Waals surface area contributed by atoms with Gasteiger partial charge in [0.1, 0.15) is 17.5 Å². The summed E-state index contributed by atoms with van der Waals surface area (Å²) in [7, 11) is 0. The molecular formula is C21H25N5O2. The van der Waals surface area contributed by atoms with E-state index >= 15 is 0 Å². The van der Waals surface area contributed by atoms with E-state index in [2.05, 4.69) is 38.3 Å². The summed E-state index contributed by atoms with van der Waals surface area (Å²) in [4.78, 5) is 23.8. The third-order valence-electron chi connectivity index (χ3n) is 5.41. The number of aromatic nitrogens is 3. The first-order chi connectivity index (χ1) is 13.7. The van der Waals surface area contributed by atoms with Gasteiger partial charge in [0, 0.05) is 18.8 Å². The van der Waals surface area contributed by atoms with Crippen molar-refractivity contribution in [2.75, 3.05) is 23.3 Å². The second-order valence-corrected chi connectivity index (χ2v) is 7.15. The number of para-hydroxylation sites is 1. The lowest BCUT2D eigenvalue weighted by molar-refractivity contribution is -0.120. The van der Waals surface area contributed by atoms with Crippen LogP contribution >= 0.6 is 0 Å². The maximum Gasteiger partial charge on any atom is 0.263 e. The first kappa shape index (κ1) is 18.4. The number of anilines is 2. The number of nitrogens with one attached hydrogen (secondary N) is 1. The van der Waals surface area contributed by atoms with Gasteiger partial charge in [-0.3, -0.25) is 4.79 Å². The fraction of sp³-hybridized carbons (Fsp3) is 0.429. The van der Waals surface area contributed by atoms with E-state index < -0.39 is 0 Å².